The van der Waals surface area contributed by atoms with Crippen LogP contribution >= 0.6 is 0 Å². The second-order valence-corrected chi connectivity index (χ2v) is 9.41. The topological polar surface area (TPSA) is 149 Å². The number of hydrogen-bond donors (Lipinski definition) is 3. The molecule has 0 radical (unpaired) electrons. The number of anilines is 3. The zero-order chi connectivity index (χ0) is 29.5. The number of halogens is 3. The summed E-state index contributed by atoms with van der Waals surface area (Å²) in [5.41, 5.74) is 13.9. The molecule has 10 nitrogen and oxygen atoms in total. The predicted octanol–water partition coefficient (Wildman–Crippen LogP) is 5.22. The first-order chi connectivity index (χ1) is 20.2. The molecule has 3 aromatic carbocycles. The third-order valence-electron chi connectivity index (χ3n) is 6.78. The lowest BCUT2D eigenvalue weighted by molar-refractivity contribution is 0.201. The van der Waals surface area contributed by atoms with Crippen LogP contribution in [0.25, 0.3) is 27.8 Å². The van der Waals surface area contributed by atoms with Crippen LogP contribution in [-0.4, -0.2) is 35.9 Å². The monoisotopic (exact) mass is 570 g/mol. The van der Waals surface area contributed by atoms with E-state index in [1.807, 2.05) is 0 Å². The van der Waals surface area contributed by atoms with Crippen molar-refractivity contribution in [1.29, 1.82) is 0 Å². The number of pyridine rings is 1. The Morgan fingerprint density at radius 3 is 2.29 bits per heavy atom. The molecule has 5 N–H and O–H groups in total. The van der Waals surface area contributed by atoms with Gasteiger partial charge in [-0.2, -0.15) is 19.7 Å². The molecule has 0 atom stereocenters. The Labute approximate surface area is 235 Å². The third-order valence-corrected chi connectivity index (χ3v) is 6.78. The van der Waals surface area contributed by atoms with Gasteiger partial charge in [0.2, 0.25) is 0 Å². The van der Waals surface area contributed by atoms with Crippen molar-refractivity contribution in [3.63, 3.8) is 0 Å². The average Bonchev–Trinajstić information content (AvgIpc) is 3.31. The molecule has 0 fully saturated rings. The molecule has 0 aliphatic rings. The zero-order valence-electron chi connectivity index (χ0n) is 21.7. The van der Waals surface area contributed by atoms with Crippen LogP contribution in [0, 0.1) is 17.5 Å². The van der Waals surface area contributed by atoms with Crippen molar-refractivity contribution in [1.82, 2.24) is 24.7 Å². The largest absolute Gasteiger partial charge is 0.465 e. The highest BCUT2D eigenvalue weighted by Gasteiger charge is 2.26. The summed E-state index contributed by atoms with van der Waals surface area (Å²) >= 11 is 0. The molecule has 0 spiro atoms. The number of aromatic nitrogens is 5. The minimum atomic E-state index is -1.40. The third kappa shape index (κ3) is 4.66. The first kappa shape index (κ1) is 26.5. The van der Waals surface area contributed by atoms with E-state index in [0.717, 1.165) is 21.8 Å². The van der Waals surface area contributed by atoms with Crippen LogP contribution in [0.1, 0.15) is 16.8 Å². The van der Waals surface area contributed by atoms with Crippen molar-refractivity contribution in [3.05, 3.63) is 107 Å². The number of rotatable bonds is 6. The van der Waals surface area contributed by atoms with Crippen LogP contribution in [-0.2, 0) is 13.0 Å². The number of nitrogens with zero attached hydrogens (tertiary/aromatic N) is 6. The van der Waals surface area contributed by atoms with E-state index in [0.29, 0.717) is 27.6 Å². The molecule has 42 heavy (non-hydrogen) atoms. The van der Waals surface area contributed by atoms with Gasteiger partial charge in [0, 0.05) is 17.9 Å². The van der Waals surface area contributed by atoms with Crippen molar-refractivity contribution in [2.24, 2.45) is 0 Å². The first-order valence-electron chi connectivity index (χ1n) is 12.6. The Hall–Kier alpha value is -5.72. The number of carbonyl (C=O) groups is 1. The number of benzene rings is 3. The molecule has 0 bridgehead atoms. The molecule has 13 heteroatoms. The molecule has 6 rings (SSSR count). The van der Waals surface area contributed by atoms with Gasteiger partial charge in [-0.05, 0) is 28.6 Å². The Kier molecular flexibility index (Phi) is 6.53. The Morgan fingerprint density at radius 2 is 1.57 bits per heavy atom. The molecular weight excluding hydrogens is 549 g/mol. The number of hydrogen-bond acceptors (Lipinski definition) is 7. The summed E-state index contributed by atoms with van der Waals surface area (Å²) in [7, 11) is 0. The van der Waals surface area contributed by atoms with E-state index < -0.39 is 23.5 Å². The Bertz CT molecular complexity index is 1990. The number of nitrogen functional groups attached to an aromatic ring is 2. The van der Waals surface area contributed by atoms with Gasteiger partial charge in [0.1, 0.15) is 28.7 Å². The molecule has 0 unspecified atom stereocenters. The van der Waals surface area contributed by atoms with Crippen molar-refractivity contribution in [2.75, 3.05) is 16.4 Å². The SMILES string of the molecule is Nc1nc(-n2nc(Cc3ccccc3F)c3ncc(F)cc32)nc(N)c1N(Cc1ccc(F)c2ccccc12)C(=O)O. The standard InChI is InChI=1S/C29H21F3N8O2/c30-17-12-23-24(35-13-17)22(11-15-5-1-4-8-20(15)31)38-40(23)28-36-26(33)25(27(34)37-28)39(29(41)42)14-16-9-10-21(32)19-7-3-2-6-18(16)19/h1-10,12-13H,11,14H2,(H,41,42)(H4,33,34,36,37). The summed E-state index contributed by atoms with van der Waals surface area (Å²) in [5, 5.41) is 15.4. The van der Waals surface area contributed by atoms with Gasteiger partial charge in [0.15, 0.2) is 11.6 Å². The fourth-order valence-corrected chi connectivity index (χ4v) is 4.85. The molecule has 6 aromatic rings. The molecular formula is C29H21F3N8O2. The average molecular weight is 571 g/mol. The quantitative estimate of drug-likeness (QED) is 0.247. The van der Waals surface area contributed by atoms with Crippen molar-refractivity contribution < 1.29 is 23.1 Å². The van der Waals surface area contributed by atoms with Crippen LogP contribution < -0.4 is 16.4 Å². The van der Waals surface area contributed by atoms with Gasteiger partial charge in [-0.25, -0.2) is 22.9 Å². The second-order valence-electron chi connectivity index (χ2n) is 9.41. The molecule has 210 valence electrons. The first-order valence-corrected chi connectivity index (χ1v) is 12.6. The predicted molar refractivity (Wildman–Crippen MR) is 151 cm³/mol. The minimum Gasteiger partial charge on any atom is -0.465 e. The van der Waals surface area contributed by atoms with Crippen LogP contribution in [0.3, 0.4) is 0 Å². The van der Waals surface area contributed by atoms with E-state index in [2.05, 4.69) is 20.1 Å². The number of fused-ring (bicyclic) bond motifs is 2. The molecule has 0 aliphatic carbocycles. The maximum Gasteiger partial charge on any atom is 0.412 e. The lowest BCUT2D eigenvalue weighted by Crippen LogP contribution is -2.31. The van der Waals surface area contributed by atoms with E-state index in [1.54, 1.807) is 42.5 Å². The minimum absolute atomic E-state index is 0.0380. The molecule has 1 amide bonds. The fraction of sp³-hybridized carbons (Fsp3) is 0.0690. The van der Waals surface area contributed by atoms with E-state index in [4.69, 9.17) is 11.5 Å². The molecule has 0 saturated carbocycles. The van der Waals surface area contributed by atoms with Crippen LogP contribution in [0.2, 0.25) is 0 Å². The van der Waals surface area contributed by atoms with Crippen LogP contribution in [0.15, 0.2) is 72.9 Å². The van der Waals surface area contributed by atoms with Crippen LogP contribution in [0.5, 0.6) is 0 Å². The Balaban J connectivity index is 1.43. The smallest absolute Gasteiger partial charge is 0.412 e. The number of carboxylic acid groups (broad SMARTS) is 1. The van der Waals surface area contributed by atoms with Gasteiger partial charge in [0.25, 0.3) is 5.95 Å². The van der Waals surface area contributed by atoms with E-state index in [9.17, 15) is 23.1 Å². The highest BCUT2D eigenvalue weighted by atomic mass is 19.1. The number of nitrogens with two attached hydrogens (primary N) is 2. The lowest BCUT2D eigenvalue weighted by atomic mass is 10.0. The summed E-state index contributed by atoms with van der Waals surface area (Å²) in [6.07, 6.45) is -0.354. The summed E-state index contributed by atoms with van der Waals surface area (Å²) in [4.78, 5) is 25.8. The van der Waals surface area contributed by atoms with Crippen molar-refractivity contribution >= 4 is 45.2 Å². The van der Waals surface area contributed by atoms with Gasteiger partial charge >= 0.3 is 6.09 Å². The van der Waals surface area contributed by atoms with Crippen molar-refractivity contribution in [2.45, 2.75) is 13.0 Å². The van der Waals surface area contributed by atoms with Gasteiger partial charge in [-0.1, -0.05) is 48.5 Å². The number of amides is 1. The summed E-state index contributed by atoms with van der Waals surface area (Å²) in [6.45, 7) is -0.236. The van der Waals surface area contributed by atoms with E-state index in [-0.39, 0.29) is 47.3 Å². The maximum atomic E-state index is 14.4. The fourth-order valence-electron chi connectivity index (χ4n) is 4.85. The van der Waals surface area contributed by atoms with Gasteiger partial charge in [0.05, 0.1) is 24.0 Å². The van der Waals surface area contributed by atoms with Gasteiger partial charge < -0.3 is 16.6 Å². The highest BCUT2D eigenvalue weighted by Crippen LogP contribution is 2.33. The lowest BCUT2D eigenvalue weighted by Gasteiger charge is -2.23. The molecule has 3 aromatic heterocycles. The molecule has 3 heterocycles. The molecule has 0 saturated heterocycles. The summed E-state index contributed by atoms with van der Waals surface area (Å²) in [6, 6.07) is 16.7. The normalized spacial score (nSPS) is 11.3. The maximum absolute atomic E-state index is 14.4. The van der Waals surface area contributed by atoms with Gasteiger partial charge in [-0.15, -0.1) is 0 Å². The summed E-state index contributed by atoms with van der Waals surface area (Å²) in [5.74, 6) is -2.33. The second kappa shape index (κ2) is 10.4. The van der Waals surface area contributed by atoms with Crippen molar-refractivity contribution in [3.8, 4) is 5.95 Å². The van der Waals surface area contributed by atoms with Crippen LogP contribution in [0.4, 0.5) is 35.3 Å². The zero-order valence-corrected chi connectivity index (χ0v) is 21.7. The highest BCUT2D eigenvalue weighted by molar-refractivity contribution is 5.95. The van der Waals surface area contributed by atoms with E-state index in [1.165, 1.54) is 18.2 Å². The van der Waals surface area contributed by atoms with Gasteiger partial charge in [-0.3, -0.25) is 4.90 Å². The Morgan fingerprint density at radius 1 is 0.881 bits per heavy atom. The summed E-state index contributed by atoms with van der Waals surface area (Å²) < 4.78 is 44.1. The van der Waals surface area contributed by atoms with E-state index >= 15 is 0 Å². The molecule has 0 aliphatic heterocycles.